The van der Waals surface area contributed by atoms with Crippen molar-refractivity contribution in [1.29, 1.82) is 0 Å². The molecule has 88 valence electrons. The second-order valence-corrected chi connectivity index (χ2v) is 4.98. The Balaban J connectivity index is 2.64. The van der Waals surface area contributed by atoms with Crippen LogP contribution >= 0.6 is 0 Å². The molecule has 2 nitrogen and oxygen atoms in total. The lowest BCUT2D eigenvalue weighted by Gasteiger charge is -2.34. The van der Waals surface area contributed by atoms with E-state index in [0.29, 0.717) is 11.6 Å². The standard InChI is InChI=1S/C13H26N2/c1-5-7-10-15-11-13(4,6-2)14-9-8-12(15)3/h5,7,12,14H,6,8-11H2,1-4H3/b7-5+. The third kappa shape index (κ3) is 3.62. The highest BCUT2D eigenvalue weighted by atomic mass is 15.2. The fraction of sp³-hybridized carbons (Fsp3) is 0.846. The summed E-state index contributed by atoms with van der Waals surface area (Å²) < 4.78 is 0. The maximum atomic E-state index is 3.68. The molecule has 0 amide bonds. The van der Waals surface area contributed by atoms with Gasteiger partial charge in [-0.3, -0.25) is 4.90 Å². The molecule has 1 saturated heterocycles. The Labute approximate surface area is 94.7 Å². The Morgan fingerprint density at radius 2 is 2.27 bits per heavy atom. The summed E-state index contributed by atoms with van der Waals surface area (Å²) in [7, 11) is 0. The molecule has 2 heteroatoms. The van der Waals surface area contributed by atoms with Gasteiger partial charge in [0.05, 0.1) is 0 Å². The molecule has 0 saturated carbocycles. The largest absolute Gasteiger partial charge is 0.310 e. The van der Waals surface area contributed by atoms with E-state index in [0.717, 1.165) is 19.6 Å². The third-order valence-corrected chi connectivity index (χ3v) is 3.65. The average Bonchev–Trinajstić information content (AvgIpc) is 2.37. The molecule has 2 atom stereocenters. The van der Waals surface area contributed by atoms with E-state index in [-0.39, 0.29) is 0 Å². The van der Waals surface area contributed by atoms with Gasteiger partial charge in [-0.1, -0.05) is 19.1 Å². The van der Waals surface area contributed by atoms with Crippen LogP contribution in [0.15, 0.2) is 12.2 Å². The molecule has 0 aromatic carbocycles. The summed E-state index contributed by atoms with van der Waals surface area (Å²) in [5, 5.41) is 3.68. The second kappa shape index (κ2) is 5.66. The molecule has 1 aliphatic rings. The number of nitrogens with zero attached hydrogens (tertiary/aromatic N) is 1. The number of nitrogens with one attached hydrogen (secondary N) is 1. The molecule has 1 aliphatic heterocycles. The highest BCUT2D eigenvalue weighted by Gasteiger charge is 2.29. The Hall–Kier alpha value is -0.340. The monoisotopic (exact) mass is 210 g/mol. The smallest absolute Gasteiger partial charge is 0.0278 e. The maximum Gasteiger partial charge on any atom is 0.0278 e. The zero-order chi connectivity index (χ0) is 11.3. The molecule has 0 aromatic rings. The third-order valence-electron chi connectivity index (χ3n) is 3.65. The highest BCUT2D eigenvalue weighted by Crippen LogP contribution is 2.18. The quantitative estimate of drug-likeness (QED) is 0.720. The van der Waals surface area contributed by atoms with Gasteiger partial charge in [0.2, 0.25) is 0 Å². The first-order chi connectivity index (χ1) is 7.11. The molecule has 0 aliphatic carbocycles. The van der Waals surface area contributed by atoms with Gasteiger partial charge in [0.25, 0.3) is 0 Å². The number of rotatable bonds is 3. The van der Waals surface area contributed by atoms with E-state index >= 15 is 0 Å². The summed E-state index contributed by atoms with van der Waals surface area (Å²) in [6, 6.07) is 0.696. The van der Waals surface area contributed by atoms with E-state index in [2.05, 4.69) is 50.1 Å². The van der Waals surface area contributed by atoms with Gasteiger partial charge in [0, 0.05) is 24.7 Å². The molecule has 1 fully saturated rings. The van der Waals surface area contributed by atoms with Gasteiger partial charge in [0.15, 0.2) is 0 Å². The Morgan fingerprint density at radius 3 is 2.87 bits per heavy atom. The van der Waals surface area contributed by atoms with Crippen molar-refractivity contribution in [3.05, 3.63) is 12.2 Å². The van der Waals surface area contributed by atoms with E-state index in [1.807, 2.05) is 0 Å². The van der Waals surface area contributed by atoms with Gasteiger partial charge in [-0.25, -0.2) is 0 Å². The van der Waals surface area contributed by atoms with Crippen molar-refractivity contribution >= 4 is 0 Å². The van der Waals surface area contributed by atoms with Crippen LogP contribution in [0, 0.1) is 0 Å². The van der Waals surface area contributed by atoms with E-state index < -0.39 is 0 Å². The Morgan fingerprint density at radius 1 is 1.53 bits per heavy atom. The van der Waals surface area contributed by atoms with Crippen LogP contribution < -0.4 is 5.32 Å². The lowest BCUT2D eigenvalue weighted by molar-refractivity contribution is 0.189. The molecule has 1 N–H and O–H groups in total. The van der Waals surface area contributed by atoms with E-state index in [1.165, 1.54) is 12.8 Å². The fourth-order valence-corrected chi connectivity index (χ4v) is 2.15. The van der Waals surface area contributed by atoms with Crippen LogP contribution in [0.1, 0.15) is 40.5 Å². The fourth-order valence-electron chi connectivity index (χ4n) is 2.15. The minimum Gasteiger partial charge on any atom is -0.310 e. The minimum atomic E-state index is 0.298. The predicted molar refractivity (Wildman–Crippen MR) is 67.2 cm³/mol. The maximum absolute atomic E-state index is 3.68. The van der Waals surface area contributed by atoms with Crippen LogP contribution in [0.2, 0.25) is 0 Å². The van der Waals surface area contributed by atoms with Gasteiger partial charge in [-0.15, -0.1) is 0 Å². The summed E-state index contributed by atoms with van der Waals surface area (Å²) in [5.74, 6) is 0. The molecular weight excluding hydrogens is 184 g/mol. The van der Waals surface area contributed by atoms with Gasteiger partial charge in [0.1, 0.15) is 0 Å². The first-order valence-corrected chi connectivity index (χ1v) is 6.21. The number of hydrogen-bond acceptors (Lipinski definition) is 2. The zero-order valence-corrected chi connectivity index (χ0v) is 10.7. The molecule has 15 heavy (non-hydrogen) atoms. The Kier molecular flexibility index (Phi) is 4.81. The van der Waals surface area contributed by atoms with E-state index in [9.17, 15) is 0 Å². The molecule has 1 heterocycles. The van der Waals surface area contributed by atoms with Gasteiger partial charge in [-0.05, 0) is 40.2 Å². The summed E-state index contributed by atoms with van der Waals surface area (Å²) in [4.78, 5) is 2.59. The van der Waals surface area contributed by atoms with Crippen LogP contribution in [0.4, 0.5) is 0 Å². The van der Waals surface area contributed by atoms with Crippen molar-refractivity contribution in [2.24, 2.45) is 0 Å². The second-order valence-electron chi connectivity index (χ2n) is 4.98. The molecule has 0 aromatic heterocycles. The first kappa shape index (κ1) is 12.7. The SMILES string of the molecule is C/C=C/CN1CC(C)(CC)NCCC1C. The topological polar surface area (TPSA) is 15.3 Å². The zero-order valence-electron chi connectivity index (χ0n) is 10.7. The summed E-state index contributed by atoms with van der Waals surface area (Å²) in [5.41, 5.74) is 0.298. The molecule has 1 rings (SSSR count). The van der Waals surface area contributed by atoms with Crippen molar-refractivity contribution in [3.8, 4) is 0 Å². The van der Waals surface area contributed by atoms with Crippen LogP contribution in [0.25, 0.3) is 0 Å². The van der Waals surface area contributed by atoms with Gasteiger partial charge < -0.3 is 5.32 Å². The van der Waals surface area contributed by atoms with Gasteiger partial charge >= 0.3 is 0 Å². The molecule has 2 unspecified atom stereocenters. The van der Waals surface area contributed by atoms with Crippen molar-refractivity contribution in [2.75, 3.05) is 19.6 Å². The number of hydrogen-bond donors (Lipinski definition) is 1. The lowest BCUT2D eigenvalue weighted by atomic mass is 9.98. The van der Waals surface area contributed by atoms with Crippen LogP contribution in [0.3, 0.4) is 0 Å². The van der Waals surface area contributed by atoms with Crippen molar-refractivity contribution in [2.45, 2.75) is 52.1 Å². The normalized spacial score (nSPS) is 34.5. The molecule has 0 radical (unpaired) electrons. The first-order valence-electron chi connectivity index (χ1n) is 6.21. The van der Waals surface area contributed by atoms with E-state index in [4.69, 9.17) is 0 Å². The van der Waals surface area contributed by atoms with Crippen molar-refractivity contribution < 1.29 is 0 Å². The van der Waals surface area contributed by atoms with Crippen molar-refractivity contribution in [1.82, 2.24) is 10.2 Å². The van der Waals surface area contributed by atoms with Crippen molar-refractivity contribution in [3.63, 3.8) is 0 Å². The summed E-state index contributed by atoms with van der Waals surface area (Å²) in [6.45, 7) is 12.5. The number of allylic oxidation sites excluding steroid dienone is 1. The Bertz CT molecular complexity index is 213. The average molecular weight is 210 g/mol. The molecular formula is C13H26N2. The summed E-state index contributed by atoms with van der Waals surface area (Å²) in [6.07, 6.45) is 6.87. The van der Waals surface area contributed by atoms with Crippen LogP contribution in [-0.4, -0.2) is 36.1 Å². The highest BCUT2D eigenvalue weighted by molar-refractivity contribution is 4.93. The van der Waals surface area contributed by atoms with Gasteiger partial charge in [-0.2, -0.15) is 0 Å². The predicted octanol–water partition coefficient (Wildman–Crippen LogP) is 2.42. The summed E-state index contributed by atoms with van der Waals surface area (Å²) >= 11 is 0. The van der Waals surface area contributed by atoms with Crippen LogP contribution in [0.5, 0.6) is 0 Å². The lowest BCUT2D eigenvalue weighted by Crippen LogP contribution is -2.49. The molecule has 0 spiro atoms. The minimum absolute atomic E-state index is 0.298. The van der Waals surface area contributed by atoms with Crippen LogP contribution in [-0.2, 0) is 0 Å². The van der Waals surface area contributed by atoms with E-state index in [1.54, 1.807) is 0 Å². The molecule has 0 bridgehead atoms.